The van der Waals surface area contributed by atoms with Crippen LogP contribution in [0.25, 0.3) is 0 Å². The first-order valence-electron chi connectivity index (χ1n) is 9.32. The number of amides is 2. The van der Waals surface area contributed by atoms with Gasteiger partial charge in [-0.2, -0.15) is 0 Å². The number of rotatable bonds is 5. The van der Waals surface area contributed by atoms with E-state index in [-0.39, 0.29) is 12.1 Å². The molecule has 2 aromatic rings. The minimum Gasteiger partial charge on any atom is -0.390 e. The Morgan fingerprint density at radius 3 is 2.37 bits per heavy atom. The largest absolute Gasteiger partial charge is 0.390 e. The molecular formula is C22H27BrN2O2. The number of hydrogen-bond donors (Lipinski definition) is 2. The lowest BCUT2D eigenvalue weighted by molar-refractivity contribution is 0.0221. The van der Waals surface area contributed by atoms with Gasteiger partial charge in [0.15, 0.2) is 0 Å². The van der Waals surface area contributed by atoms with E-state index in [9.17, 15) is 9.90 Å². The second kappa shape index (κ2) is 7.64. The fraction of sp³-hybridized carbons (Fsp3) is 0.409. The molecule has 5 heteroatoms. The van der Waals surface area contributed by atoms with Crippen molar-refractivity contribution < 1.29 is 9.90 Å². The highest BCUT2D eigenvalue weighted by molar-refractivity contribution is 9.10. The van der Waals surface area contributed by atoms with Gasteiger partial charge in [-0.3, -0.25) is 0 Å². The van der Waals surface area contributed by atoms with Crippen molar-refractivity contribution in [1.29, 1.82) is 0 Å². The molecule has 0 saturated carbocycles. The van der Waals surface area contributed by atoms with Crippen molar-refractivity contribution in [2.24, 2.45) is 0 Å². The molecule has 1 unspecified atom stereocenters. The summed E-state index contributed by atoms with van der Waals surface area (Å²) in [6.07, 6.45) is 1.21. The molecule has 2 N–H and O–H groups in total. The third-order valence-corrected chi connectivity index (χ3v) is 5.80. The molecule has 0 aromatic heterocycles. The van der Waals surface area contributed by atoms with Crippen molar-refractivity contribution in [2.45, 2.75) is 50.8 Å². The van der Waals surface area contributed by atoms with Crippen LogP contribution in [0.4, 0.5) is 4.79 Å². The SMILES string of the molecule is C[C@@H](c1ccc(Br)cc1)N1CCC(CC(C)(C)O)(c2ccccc2)NC1=O. The molecule has 2 atom stereocenters. The van der Waals surface area contributed by atoms with Crippen LogP contribution >= 0.6 is 15.9 Å². The predicted molar refractivity (Wildman–Crippen MR) is 111 cm³/mol. The van der Waals surface area contributed by atoms with Crippen molar-refractivity contribution in [2.75, 3.05) is 6.54 Å². The maximum absolute atomic E-state index is 13.1. The van der Waals surface area contributed by atoms with E-state index in [2.05, 4.69) is 21.2 Å². The molecule has 1 aliphatic rings. The van der Waals surface area contributed by atoms with E-state index in [1.54, 1.807) is 13.8 Å². The number of urea groups is 1. The van der Waals surface area contributed by atoms with E-state index in [0.29, 0.717) is 13.0 Å². The topological polar surface area (TPSA) is 52.6 Å². The first-order chi connectivity index (χ1) is 12.7. The zero-order valence-electron chi connectivity index (χ0n) is 16.1. The summed E-state index contributed by atoms with van der Waals surface area (Å²) in [5.74, 6) is 0. The number of aliphatic hydroxyl groups is 1. The smallest absolute Gasteiger partial charge is 0.318 e. The number of carbonyl (C=O) groups is 1. The highest BCUT2D eigenvalue weighted by Gasteiger charge is 2.43. The highest BCUT2D eigenvalue weighted by Crippen LogP contribution is 2.38. The molecule has 1 saturated heterocycles. The molecule has 2 aromatic carbocycles. The van der Waals surface area contributed by atoms with Crippen molar-refractivity contribution in [3.63, 3.8) is 0 Å². The standard InChI is InChI=1S/C22H27BrN2O2/c1-16(17-9-11-19(23)12-10-17)25-14-13-22(24-20(25)26,15-21(2,3)27)18-7-5-4-6-8-18/h4-12,16,27H,13-15H2,1-3H3,(H,24,26)/t16-,22?/m0/s1. The lowest BCUT2D eigenvalue weighted by Gasteiger charge is -2.47. The monoisotopic (exact) mass is 430 g/mol. The Morgan fingerprint density at radius 2 is 1.81 bits per heavy atom. The molecule has 1 heterocycles. The van der Waals surface area contributed by atoms with Gasteiger partial charge in [0.05, 0.1) is 17.2 Å². The van der Waals surface area contributed by atoms with Crippen LogP contribution in [0.1, 0.15) is 50.8 Å². The molecule has 3 rings (SSSR count). The van der Waals surface area contributed by atoms with Gasteiger partial charge >= 0.3 is 6.03 Å². The molecule has 1 aliphatic heterocycles. The molecule has 0 bridgehead atoms. The zero-order chi connectivity index (χ0) is 19.7. The van der Waals surface area contributed by atoms with Crippen LogP contribution in [0, 0.1) is 0 Å². The Kier molecular flexibility index (Phi) is 5.63. The van der Waals surface area contributed by atoms with Crippen molar-refractivity contribution >= 4 is 22.0 Å². The second-order valence-corrected chi connectivity index (χ2v) is 8.95. The lowest BCUT2D eigenvalue weighted by atomic mass is 9.77. The maximum atomic E-state index is 13.1. The Hall–Kier alpha value is -1.85. The minimum atomic E-state index is -0.886. The first-order valence-corrected chi connectivity index (χ1v) is 10.1. The van der Waals surface area contributed by atoms with Crippen LogP contribution in [0.5, 0.6) is 0 Å². The van der Waals surface area contributed by atoms with E-state index in [1.165, 1.54) is 0 Å². The maximum Gasteiger partial charge on any atom is 0.318 e. The third kappa shape index (κ3) is 4.53. The Labute approximate surface area is 169 Å². The zero-order valence-corrected chi connectivity index (χ0v) is 17.7. The lowest BCUT2D eigenvalue weighted by Crippen LogP contribution is -2.60. The van der Waals surface area contributed by atoms with Crippen molar-refractivity contribution in [1.82, 2.24) is 10.2 Å². The van der Waals surface area contributed by atoms with Crippen LogP contribution < -0.4 is 5.32 Å². The van der Waals surface area contributed by atoms with E-state index < -0.39 is 11.1 Å². The molecule has 0 spiro atoms. The summed E-state index contributed by atoms with van der Waals surface area (Å²) in [6.45, 7) is 6.27. The molecular weight excluding hydrogens is 404 g/mol. The molecule has 27 heavy (non-hydrogen) atoms. The van der Waals surface area contributed by atoms with Gasteiger partial charge in [0.2, 0.25) is 0 Å². The van der Waals surface area contributed by atoms with Gasteiger partial charge in [-0.25, -0.2) is 4.79 Å². The van der Waals surface area contributed by atoms with Crippen molar-refractivity contribution in [3.05, 3.63) is 70.2 Å². The molecule has 1 fully saturated rings. The summed E-state index contributed by atoms with van der Waals surface area (Å²) in [7, 11) is 0. The highest BCUT2D eigenvalue weighted by atomic mass is 79.9. The number of halogens is 1. The van der Waals surface area contributed by atoms with Gasteiger partial charge in [-0.15, -0.1) is 0 Å². The number of carbonyl (C=O) groups excluding carboxylic acids is 1. The van der Waals surface area contributed by atoms with Crippen LogP contribution in [0.2, 0.25) is 0 Å². The van der Waals surface area contributed by atoms with E-state index in [0.717, 1.165) is 22.0 Å². The van der Waals surface area contributed by atoms with Gasteiger partial charge < -0.3 is 15.3 Å². The number of benzene rings is 2. The summed E-state index contributed by atoms with van der Waals surface area (Å²) in [6, 6.07) is 17.9. The van der Waals surface area contributed by atoms with Gasteiger partial charge in [0.25, 0.3) is 0 Å². The summed E-state index contributed by atoms with van der Waals surface area (Å²) in [5.41, 5.74) is 0.689. The summed E-state index contributed by atoms with van der Waals surface area (Å²) >= 11 is 3.45. The molecule has 4 nitrogen and oxygen atoms in total. The summed E-state index contributed by atoms with van der Waals surface area (Å²) < 4.78 is 1.02. The Balaban J connectivity index is 1.85. The Morgan fingerprint density at radius 1 is 1.19 bits per heavy atom. The second-order valence-electron chi connectivity index (χ2n) is 8.04. The predicted octanol–water partition coefficient (Wildman–Crippen LogP) is 4.98. The average molecular weight is 431 g/mol. The summed E-state index contributed by atoms with van der Waals surface area (Å²) in [5, 5.41) is 13.7. The number of nitrogens with one attached hydrogen (secondary N) is 1. The van der Waals surface area contributed by atoms with Gasteiger partial charge in [-0.1, -0.05) is 58.4 Å². The average Bonchev–Trinajstić information content (AvgIpc) is 2.61. The Bertz CT molecular complexity index is 786. The third-order valence-electron chi connectivity index (χ3n) is 5.27. The molecule has 144 valence electrons. The van der Waals surface area contributed by atoms with Crippen molar-refractivity contribution in [3.8, 4) is 0 Å². The fourth-order valence-electron chi connectivity index (χ4n) is 3.99. The van der Waals surface area contributed by atoms with Crippen LogP contribution in [0.15, 0.2) is 59.1 Å². The van der Waals surface area contributed by atoms with Crippen LogP contribution in [-0.4, -0.2) is 28.2 Å². The minimum absolute atomic E-state index is 0.0194. The normalized spacial score (nSPS) is 21.7. The summed E-state index contributed by atoms with van der Waals surface area (Å²) in [4.78, 5) is 14.9. The molecule has 0 radical (unpaired) electrons. The van der Waals surface area contributed by atoms with Crippen LogP contribution in [0.3, 0.4) is 0 Å². The first kappa shape index (κ1) is 19.9. The molecule has 0 aliphatic carbocycles. The van der Waals surface area contributed by atoms with E-state index in [1.807, 2.05) is 66.4 Å². The van der Waals surface area contributed by atoms with Gasteiger partial charge in [0, 0.05) is 17.4 Å². The van der Waals surface area contributed by atoms with Gasteiger partial charge in [0.1, 0.15) is 0 Å². The quantitative estimate of drug-likeness (QED) is 0.702. The van der Waals surface area contributed by atoms with E-state index in [4.69, 9.17) is 0 Å². The molecule has 2 amide bonds. The fourth-order valence-corrected chi connectivity index (χ4v) is 4.25. The van der Waals surface area contributed by atoms with E-state index >= 15 is 0 Å². The number of nitrogens with zero attached hydrogens (tertiary/aromatic N) is 1. The number of hydrogen-bond acceptors (Lipinski definition) is 2. The van der Waals surface area contributed by atoms with Gasteiger partial charge in [-0.05, 0) is 50.5 Å². The van der Waals surface area contributed by atoms with Crippen LogP contribution in [-0.2, 0) is 5.54 Å².